The van der Waals surface area contributed by atoms with E-state index >= 15 is 0 Å². The summed E-state index contributed by atoms with van der Waals surface area (Å²) in [6.45, 7) is 3.27. The number of hydrogen-bond donors (Lipinski definition) is 0. The van der Waals surface area contributed by atoms with Crippen LogP contribution in [0.5, 0.6) is 0 Å². The molecule has 1 heteroatoms. The summed E-state index contributed by atoms with van der Waals surface area (Å²) in [7, 11) is 0. The minimum Gasteiger partial charge on any atom is -0.294 e. The van der Waals surface area contributed by atoms with Crippen molar-refractivity contribution >= 4 is 0 Å². The Kier molecular flexibility index (Phi) is 2.93. The molecule has 0 saturated heterocycles. The zero-order valence-electron chi connectivity index (χ0n) is 9.89. The van der Waals surface area contributed by atoms with Crippen LogP contribution in [0, 0.1) is 6.07 Å². The minimum absolute atomic E-state index is 1.03. The summed E-state index contributed by atoms with van der Waals surface area (Å²) in [5.74, 6) is 0. The van der Waals surface area contributed by atoms with E-state index in [0.29, 0.717) is 0 Å². The first-order chi connectivity index (χ1) is 8.42. The fraction of sp³-hybridized carbons (Fsp3) is 0.250. The zero-order valence-corrected chi connectivity index (χ0v) is 9.89. The molecule has 2 aromatic rings. The molecule has 0 atom stereocenters. The number of benzene rings is 2. The molecule has 0 aliphatic carbocycles. The van der Waals surface area contributed by atoms with Crippen LogP contribution in [0.3, 0.4) is 0 Å². The van der Waals surface area contributed by atoms with Gasteiger partial charge in [0, 0.05) is 19.6 Å². The number of fused-ring (bicyclic) bond motifs is 1. The molecule has 0 unspecified atom stereocenters. The fourth-order valence-corrected chi connectivity index (χ4v) is 2.48. The first-order valence-electron chi connectivity index (χ1n) is 6.16. The molecular formula is C16H16N. The SMILES string of the molecule is [c]1cccc(CN2CCc3ccccc3C2)c1. The second-order valence-electron chi connectivity index (χ2n) is 4.64. The van der Waals surface area contributed by atoms with Crippen molar-refractivity contribution in [2.24, 2.45) is 0 Å². The smallest absolute Gasteiger partial charge is 0.0240 e. The number of rotatable bonds is 2. The molecule has 0 saturated carbocycles. The van der Waals surface area contributed by atoms with Gasteiger partial charge in [0.25, 0.3) is 0 Å². The topological polar surface area (TPSA) is 3.24 Å². The van der Waals surface area contributed by atoms with Gasteiger partial charge in [0.15, 0.2) is 0 Å². The van der Waals surface area contributed by atoms with Crippen molar-refractivity contribution in [3.05, 3.63) is 71.3 Å². The molecule has 2 aromatic carbocycles. The van der Waals surface area contributed by atoms with E-state index in [4.69, 9.17) is 0 Å². The van der Waals surface area contributed by atoms with Gasteiger partial charge in [-0.3, -0.25) is 4.90 Å². The summed E-state index contributed by atoms with van der Waals surface area (Å²) >= 11 is 0. The Morgan fingerprint density at radius 3 is 2.76 bits per heavy atom. The maximum atomic E-state index is 3.14. The van der Waals surface area contributed by atoms with Crippen molar-refractivity contribution in [2.75, 3.05) is 6.54 Å². The van der Waals surface area contributed by atoms with Crippen LogP contribution < -0.4 is 0 Å². The van der Waals surface area contributed by atoms with E-state index in [-0.39, 0.29) is 0 Å². The normalized spacial score (nSPS) is 15.5. The molecule has 0 fully saturated rings. The number of nitrogens with zero attached hydrogens (tertiary/aromatic N) is 1. The van der Waals surface area contributed by atoms with Gasteiger partial charge < -0.3 is 0 Å². The Hall–Kier alpha value is -1.60. The summed E-state index contributed by atoms with van der Waals surface area (Å²) in [4.78, 5) is 2.51. The summed E-state index contributed by atoms with van der Waals surface area (Å²) in [5.41, 5.74) is 4.36. The molecule has 1 aliphatic rings. The molecule has 1 aliphatic heterocycles. The van der Waals surface area contributed by atoms with Crippen LogP contribution in [0.15, 0.2) is 48.5 Å². The molecule has 3 rings (SSSR count). The maximum absolute atomic E-state index is 3.14. The van der Waals surface area contributed by atoms with E-state index in [2.05, 4.69) is 53.4 Å². The summed E-state index contributed by atoms with van der Waals surface area (Å²) in [6, 6.07) is 20.2. The first kappa shape index (κ1) is 10.5. The highest BCUT2D eigenvalue weighted by Gasteiger charge is 2.15. The van der Waals surface area contributed by atoms with E-state index in [1.165, 1.54) is 23.1 Å². The molecular weight excluding hydrogens is 206 g/mol. The Bertz CT molecular complexity index is 490. The van der Waals surface area contributed by atoms with E-state index < -0.39 is 0 Å². The molecule has 0 amide bonds. The van der Waals surface area contributed by atoms with Crippen molar-refractivity contribution in [1.82, 2.24) is 4.90 Å². The van der Waals surface area contributed by atoms with Crippen LogP contribution in [-0.4, -0.2) is 11.4 Å². The predicted molar refractivity (Wildman–Crippen MR) is 69.5 cm³/mol. The summed E-state index contributed by atoms with van der Waals surface area (Å²) in [6.07, 6.45) is 1.17. The van der Waals surface area contributed by atoms with E-state index in [1.54, 1.807) is 0 Å². The standard InChI is InChI=1S/C16H16N/c1-2-6-14(7-3-1)12-17-11-10-15-8-4-5-9-16(15)13-17/h1-2,4-9H,10-13H2. The highest BCUT2D eigenvalue weighted by molar-refractivity contribution is 5.29. The van der Waals surface area contributed by atoms with E-state index in [9.17, 15) is 0 Å². The average molecular weight is 222 g/mol. The Labute approximate surface area is 103 Å². The second kappa shape index (κ2) is 4.72. The van der Waals surface area contributed by atoms with Gasteiger partial charge in [-0.1, -0.05) is 42.5 Å². The molecule has 0 spiro atoms. The third-order valence-corrected chi connectivity index (χ3v) is 3.39. The van der Waals surface area contributed by atoms with Gasteiger partial charge in [-0.05, 0) is 35.2 Å². The van der Waals surface area contributed by atoms with Crippen molar-refractivity contribution in [3.63, 3.8) is 0 Å². The zero-order chi connectivity index (χ0) is 11.5. The van der Waals surface area contributed by atoms with Crippen LogP contribution in [0.1, 0.15) is 16.7 Å². The van der Waals surface area contributed by atoms with Gasteiger partial charge in [0.1, 0.15) is 0 Å². The predicted octanol–water partition coefficient (Wildman–Crippen LogP) is 3.05. The van der Waals surface area contributed by atoms with Crippen LogP contribution in [0.2, 0.25) is 0 Å². The first-order valence-corrected chi connectivity index (χ1v) is 6.16. The van der Waals surface area contributed by atoms with Crippen LogP contribution >= 0.6 is 0 Å². The van der Waals surface area contributed by atoms with Crippen LogP contribution in [0.4, 0.5) is 0 Å². The lowest BCUT2D eigenvalue weighted by molar-refractivity contribution is 0.245. The average Bonchev–Trinajstić information content (AvgIpc) is 2.40. The van der Waals surface area contributed by atoms with Gasteiger partial charge >= 0.3 is 0 Å². The van der Waals surface area contributed by atoms with Gasteiger partial charge in [0.05, 0.1) is 0 Å². The van der Waals surface area contributed by atoms with Crippen molar-refractivity contribution in [2.45, 2.75) is 19.5 Å². The highest BCUT2D eigenvalue weighted by atomic mass is 15.1. The summed E-state index contributed by atoms with van der Waals surface area (Å²) in [5, 5.41) is 0. The lowest BCUT2D eigenvalue weighted by Gasteiger charge is -2.28. The lowest BCUT2D eigenvalue weighted by atomic mass is 9.99. The third-order valence-electron chi connectivity index (χ3n) is 3.39. The molecule has 85 valence electrons. The molecule has 1 heterocycles. The minimum atomic E-state index is 1.03. The van der Waals surface area contributed by atoms with Gasteiger partial charge in [0.2, 0.25) is 0 Å². The Balaban J connectivity index is 1.72. The maximum Gasteiger partial charge on any atom is 0.0240 e. The van der Waals surface area contributed by atoms with Gasteiger partial charge in [-0.25, -0.2) is 0 Å². The fourth-order valence-electron chi connectivity index (χ4n) is 2.48. The largest absolute Gasteiger partial charge is 0.294 e. The Morgan fingerprint density at radius 1 is 1.06 bits per heavy atom. The number of hydrogen-bond acceptors (Lipinski definition) is 1. The van der Waals surface area contributed by atoms with Gasteiger partial charge in [-0.2, -0.15) is 0 Å². The van der Waals surface area contributed by atoms with E-state index in [0.717, 1.165) is 19.6 Å². The molecule has 1 nitrogen and oxygen atoms in total. The lowest BCUT2D eigenvalue weighted by Crippen LogP contribution is -2.29. The third kappa shape index (κ3) is 2.40. The quantitative estimate of drug-likeness (QED) is 0.755. The van der Waals surface area contributed by atoms with Crippen LogP contribution in [-0.2, 0) is 19.5 Å². The van der Waals surface area contributed by atoms with Gasteiger partial charge in [-0.15, -0.1) is 0 Å². The van der Waals surface area contributed by atoms with Crippen molar-refractivity contribution < 1.29 is 0 Å². The summed E-state index contributed by atoms with van der Waals surface area (Å²) < 4.78 is 0. The second-order valence-corrected chi connectivity index (χ2v) is 4.64. The Morgan fingerprint density at radius 2 is 1.94 bits per heavy atom. The van der Waals surface area contributed by atoms with Crippen LogP contribution in [0.25, 0.3) is 0 Å². The van der Waals surface area contributed by atoms with Crippen molar-refractivity contribution in [3.8, 4) is 0 Å². The molecule has 0 bridgehead atoms. The monoisotopic (exact) mass is 222 g/mol. The van der Waals surface area contributed by atoms with E-state index in [1.807, 2.05) is 6.07 Å². The highest BCUT2D eigenvalue weighted by Crippen LogP contribution is 2.19. The molecule has 1 radical (unpaired) electrons. The van der Waals surface area contributed by atoms with Crippen molar-refractivity contribution in [1.29, 1.82) is 0 Å². The molecule has 0 aromatic heterocycles. The molecule has 17 heavy (non-hydrogen) atoms. The molecule has 0 N–H and O–H groups in total.